The van der Waals surface area contributed by atoms with Crippen LogP contribution in [-0.4, -0.2) is 46.7 Å². The number of carbonyl (C=O) groups is 1. The highest BCUT2D eigenvalue weighted by Gasteiger charge is 2.17. The van der Waals surface area contributed by atoms with Crippen LogP contribution in [0.25, 0.3) is 0 Å². The Morgan fingerprint density at radius 1 is 0.677 bits per heavy atom. The zero-order valence-corrected chi connectivity index (χ0v) is 21.0. The highest BCUT2D eigenvalue weighted by molar-refractivity contribution is 5.69. The summed E-state index contributed by atoms with van der Waals surface area (Å²) in [4.78, 5) is 11.7. The third-order valence-corrected chi connectivity index (χ3v) is 6.39. The standard InChI is InChI=1S/C26H52O5/c1-20(2)10-6-11-21(3)12-7-13-22(4)14-8-15-23(5)16-9-17-26(30)31-19-25(29)24(28)18-27/h20-25,27-29H,6-19H2,1-5H3. The van der Waals surface area contributed by atoms with Crippen molar-refractivity contribution in [1.82, 2.24) is 0 Å². The molecule has 0 spiro atoms. The molecule has 0 aromatic carbocycles. The van der Waals surface area contributed by atoms with Crippen LogP contribution in [0.4, 0.5) is 0 Å². The summed E-state index contributed by atoms with van der Waals surface area (Å²) in [6.07, 6.45) is 11.5. The Kier molecular flexibility index (Phi) is 18.5. The van der Waals surface area contributed by atoms with Gasteiger partial charge in [-0.15, -0.1) is 0 Å². The molecule has 0 aliphatic carbocycles. The maximum absolute atomic E-state index is 11.7. The van der Waals surface area contributed by atoms with Gasteiger partial charge in [0, 0.05) is 6.42 Å². The number of aliphatic hydroxyl groups excluding tert-OH is 3. The average Bonchev–Trinajstić information content (AvgIpc) is 2.71. The summed E-state index contributed by atoms with van der Waals surface area (Å²) < 4.78 is 4.95. The Morgan fingerprint density at radius 2 is 1.10 bits per heavy atom. The predicted molar refractivity (Wildman–Crippen MR) is 128 cm³/mol. The van der Waals surface area contributed by atoms with E-state index in [-0.39, 0.29) is 12.6 Å². The van der Waals surface area contributed by atoms with Crippen LogP contribution in [0.3, 0.4) is 0 Å². The first kappa shape index (κ1) is 30.4. The van der Waals surface area contributed by atoms with Crippen molar-refractivity contribution in [3.63, 3.8) is 0 Å². The Hall–Kier alpha value is -0.650. The molecule has 5 heteroatoms. The van der Waals surface area contributed by atoms with Crippen LogP contribution in [0.1, 0.15) is 112 Å². The van der Waals surface area contributed by atoms with Gasteiger partial charge in [0.2, 0.25) is 0 Å². The van der Waals surface area contributed by atoms with Crippen LogP contribution in [-0.2, 0) is 9.53 Å². The number of aliphatic hydroxyl groups is 3. The molecule has 0 bridgehead atoms. The van der Waals surface area contributed by atoms with Crippen LogP contribution >= 0.6 is 0 Å². The van der Waals surface area contributed by atoms with Gasteiger partial charge >= 0.3 is 5.97 Å². The lowest BCUT2D eigenvalue weighted by molar-refractivity contribution is -0.149. The molecule has 5 atom stereocenters. The van der Waals surface area contributed by atoms with Crippen LogP contribution in [0.5, 0.6) is 0 Å². The summed E-state index contributed by atoms with van der Waals surface area (Å²) in [5.74, 6) is 2.73. The lowest BCUT2D eigenvalue weighted by Gasteiger charge is -2.17. The number of ether oxygens (including phenoxy) is 1. The van der Waals surface area contributed by atoms with Crippen molar-refractivity contribution < 1.29 is 24.9 Å². The number of rotatable bonds is 20. The van der Waals surface area contributed by atoms with E-state index in [9.17, 15) is 15.0 Å². The van der Waals surface area contributed by atoms with Crippen molar-refractivity contribution in [3.05, 3.63) is 0 Å². The first-order valence-corrected chi connectivity index (χ1v) is 12.8. The van der Waals surface area contributed by atoms with E-state index in [4.69, 9.17) is 9.84 Å². The number of hydrogen-bond acceptors (Lipinski definition) is 5. The van der Waals surface area contributed by atoms with Gasteiger partial charge in [-0.25, -0.2) is 0 Å². The molecule has 31 heavy (non-hydrogen) atoms. The van der Waals surface area contributed by atoms with Crippen molar-refractivity contribution >= 4 is 5.97 Å². The Bertz CT molecular complexity index is 426. The Morgan fingerprint density at radius 3 is 1.52 bits per heavy atom. The van der Waals surface area contributed by atoms with Gasteiger partial charge in [-0.3, -0.25) is 4.79 Å². The van der Waals surface area contributed by atoms with Crippen molar-refractivity contribution in [2.45, 2.75) is 124 Å². The monoisotopic (exact) mass is 444 g/mol. The molecule has 3 N–H and O–H groups in total. The van der Waals surface area contributed by atoms with Gasteiger partial charge < -0.3 is 20.1 Å². The molecule has 0 aromatic rings. The zero-order valence-electron chi connectivity index (χ0n) is 21.0. The predicted octanol–water partition coefficient (Wildman–Crippen LogP) is 5.49. The van der Waals surface area contributed by atoms with Gasteiger partial charge in [-0.2, -0.15) is 0 Å². The molecule has 5 nitrogen and oxygen atoms in total. The van der Waals surface area contributed by atoms with Crippen molar-refractivity contribution in [2.75, 3.05) is 13.2 Å². The minimum Gasteiger partial charge on any atom is -0.463 e. The molecule has 0 heterocycles. The first-order chi connectivity index (χ1) is 14.6. The summed E-state index contributed by atoms with van der Waals surface area (Å²) in [5, 5.41) is 27.4. The minimum absolute atomic E-state index is 0.273. The second kappa shape index (κ2) is 18.9. The summed E-state index contributed by atoms with van der Waals surface area (Å²) in [5.41, 5.74) is 0. The lowest BCUT2D eigenvalue weighted by atomic mass is 9.90. The smallest absolute Gasteiger partial charge is 0.305 e. The molecule has 0 aliphatic heterocycles. The molecule has 0 fully saturated rings. The van der Waals surface area contributed by atoms with Crippen molar-refractivity contribution in [1.29, 1.82) is 0 Å². The van der Waals surface area contributed by atoms with E-state index in [1.165, 1.54) is 57.8 Å². The second-order valence-electron chi connectivity index (χ2n) is 10.4. The summed E-state index contributed by atoms with van der Waals surface area (Å²) in [7, 11) is 0. The highest BCUT2D eigenvalue weighted by Crippen LogP contribution is 2.23. The van der Waals surface area contributed by atoms with Gasteiger partial charge in [0.25, 0.3) is 0 Å². The SMILES string of the molecule is CC(C)CCCC(C)CCCC(C)CCCC(C)CCCC(=O)OCC(O)C(O)CO. The van der Waals surface area contributed by atoms with Gasteiger partial charge in [0.1, 0.15) is 18.8 Å². The van der Waals surface area contributed by atoms with E-state index < -0.39 is 18.8 Å². The van der Waals surface area contributed by atoms with Crippen LogP contribution in [0.2, 0.25) is 0 Å². The molecule has 186 valence electrons. The first-order valence-electron chi connectivity index (χ1n) is 12.8. The van der Waals surface area contributed by atoms with Crippen LogP contribution in [0.15, 0.2) is 0 Å². The molecule has 0 aliphatic rings. The number of esters is 1. The lowest BCUT2D eigenvalue weighted by Crippen LogP contribution is -2.34. The van der Waals surface area contributed by atoms with E-state index in [2.05, 4.69) is 34.6 Å². The van der Waals surface area contributed by atoms with Crippen molar-refractivity contribution in [3.8, 4) is 0 Å². The summed E-state index contributed by atoms with van der Waals surface area (Å²) in [6, 6.07) is 0. The minimum atomic E-state index is -1.27. The van der Waals surface area contributed by atoms with Gasteiger partial charge in [-0.1, -0.05) is 98.8 Å². The zero-order chi connectivity index (χ0) is 23.6. The van der Waals surface area contributed by atoms with E-state index in [0.717, 1.165) is 30.6 Å². The quantitative estimate of drug-likeness (QED) is 0.216. The number of hydrogen-bond donors (Lipinski definition) is 3. The largest absolute Gasteiger partial charge is 0.463 e. The number of carbonyl (C=O) groups excluding carboxylic acids is 1. The molecular formula is C26H52O5. The molecule has 0 amide bonds. The molecular weight excluding hydrogens is 392 g/mol. The van der Waals surface area contributed by atoms with Gasteiger partial charge in [0.05, 0.1) is 6.61 Å². The average molecular weight is 445 g/mol. The molecule has 0 saturated carbocycles. The Labute approximate surface area is 192 Å². The van der Waals surface area contributed by atoms with E-state index in [1.54, 1.807) is 0 Å². The molecule has 0 radical (unpaired) electrons. The fourth-order valence-electron chi connectivity index (χ4n) is 4.02. The van der Waals surface area contributed by atoms with E-state index in [0.29, 0.717) is 12.3 Å². The molecule has 5 unspecified atom stereocenters. The third kappa shape index (κ3) is 18.6. The van der Waals surface area contributed by atoms with Crippen LogP contribution < -0.4 is 0 Å². The summed E-state index contributed by atoms with van der Waals surface area (Å²) in [6.45, 7) is 10.8. The molecule has 0 rings (SSSR count). The fourth-order valence-corrected chi connectivity index (χ4v) is 4.02. The van der Waals surface area contributed by atoms with Crippen molar-refractivity contribution in [2.24, 2.45) is 23.7 Å². The third-order valence-electron chi connectivity index (χ3n) is 6.39. The Balaban J connectivity index is 3.67. The summed E-state index contributed by atoms with van der Waals surface area (Å²) >= 11 is 0. The normalized spacial score (nSPS) is 16.7. The maximum Gasteiger partial charge on any atom is 0.305 e. The van der Waals surface area contributed by atoms with Gasteiger partial charge in [0.15, 0.2) is 0 Å². The second-order valence-corrected chi connectivity index (χ2v) is 10.4. The van der Waals surface area contributed by atoms with E-state index in [1.807, 2.05) is 0 Å². The topological polar surface area (TPSA) is 87.0 Å². The fraction of sp³-hybridized carbons (Fsp3) is 0.962. The van der Waals surface area contributed by atoms with Crippen LogP contribution in [0, 0.1) is 23.7 Å². The van der Waals surface area contributed by atoms with E-state index >= 15 is 0 Å². The molecule has 0 aromatic heterocycles. The maximum atomic E-state index is 11.7. The van der Waals surface area contributed by atoms with Gasteiger partial charge in [-0.05, 0) is 30.1 Å². The highest BCUT2D eigenvalue weighted by atomic mass is 16.5. The molecule has 0 saturated heterocycles.